The Morgan fingerprint density at radius 2 is 2.21 bits per heavy atom. The predicted octanol–water partition coefficient (Wildman–Crippen LogP) is 1.61. The Morgan fingerprint density at radius 3 is 2.64 bits per heavy atom. The van der Waals surface area contributed by atoms with Crippen LogP contribution in [0, 0.1) is 6.92 Å². The van der Waals surface area contributed by atoms with Crippen LogP contribution in [0.25, 0.3) is 0 Å². The third-order valence-electron chi connectivity index (χ3n) is 1.72. The zero-order valence-corrected chi connectivity index (χ0v) is 7.29. The average Bonchev–Trinajstić information content (AvgIpc) is 2.07. The fourth-order valence-corrected chi connectivity index (χ4v) is 1.03. The number of pyridine rings is 1. The summed E-state index contributed by atoms with van der Waals surface area (Å²) in [4.78, 5) is 13.9. The van der Waals surface area contributed by atoms with Crippen molar-refractivity contribution in [3.05, 3.63) is 22.9 Å². The van der Waals surface area contributed by atoms with Crippen LogP contribution in [0.15, 0.2) is 6.07 Å². The second kappa shape index (κ2) is 3.57. The highest BCUT2D eigenvalue weighted by atomic mass is 19.3. The van der Waals surface area contributed by atoms with Crippen molar-refractivity contribution in [3.63, 3.8) is 0 Å². The van der Waals surface area contributed by atoms with Gasteiger partial charge in [0, 0.05) is 0 Å². The van der Waals surface area contributed by atoms with Gasteiger partial charge in [0.15, 0.2) is 0 Å². The van der Waals surface area contributed by atoms with Crippen LogP contribution in [0.1, 0.15) is 28.0 Å². The van der Waals surface area contributed by atoms with E-state index in [1.807, 2.05) is 0 Å². The number of aryl methyl sites for hydroxylation is 1. The Morgan fingerprint density at radius 1 is 1.64 bits per heavy atom. The smallest absolute Gasteiger partial charge is 0.339 e. The van der Waals surface area contributed by atoms with E-state index in [1.54, 1.807) is 0 Å². The second-order valence-electron chi connectivity index (χ2n) is 2.73. The summed E-state index contributed by atoms with van der Waals surface area (Å²) < 4.78 is 24.6. The van der Waals surface area contributed by atoms with Crippen LogP contribution in [0.2, 0.25) is 0 Å². The molecule has 14 heavy (non-hydrogen) atoms. The quantitative estimate of drug-likeness (QED) is 0.763. The molecule has 4 nitrogen and oxygen atoms in total. The summed E-state index contributed by atoms with van der Waals surface area (Å²) in [6.07, 6.45) is -2.75. The largest absolute Gasteiger partial charge is 0.478 e. The minimum atomic E-state index is -2.75. The number of rotatable bonds is 2. The fourth-order valence-electron chi connectivity index (χ4n) is 1.03. The lowest BCUT2D eigenvalue weighted by molar-refractivity contribution is 0.0697. The van der Waals surface area contributed by atoms with Gasteiger partial charge in [0.2, 0.25) is 0 Å². The van der Waals surface area contributed by atoms with E-state index in [0.717, 1.165) is 6.07 Å². The molecule has 1 heterocycles. The Hall–Kier alpha value is -1.72. The Kier molecular flexibility index (Phi) is 2.64. The maximum Gasteiger partial charge on any atom is 0.339 e. The van der Waals surface area contributed by atoms with Crippen LogP contribution in [-0.4, -0.2) is 16.1 Å². The number of halogens is 2. The molecule has 0 bridgehead atoms. The fraction of sp³-hybridized carbons (Fsp3) is 0.250. The molecule has 0 unspecified atom stereocenters. The van der Waals surface area contributed by atoms with Gasteiger partial charge in [0.05, 0.1) is 0 Å². The van der Waals surface area contributed by atoms with Gasteiger partial charge in [-0.3, -0.25) is 0 Å². The highest BCUT2D eigenvalue weighted by molar-refractivity contribution is 5.92. The van der Waals surface area contributed by atoms with Crippen molar-refractivity contribution in [1.29, 1.82) is 0 Å². The Bertz CT molecular complexity index is 380. The molecule has 0 spiro atoms. The number of aromatic carboxylic acids is 1. The van der Waals surface area contributed by atoms with Gasteiger partial charge in [-0.2, -0.15) is 0 Å². The van der Waals surface area contributed by atoms with Gasteiger partial charge in [-0.1, -0.05) is 0 Å². The van der Waals surface area contributed by atoms with Gasteiger partial charge >= 0.3 is 5.97 Å². The molecule has 0 radical (unpaired) electrons. The SMILES string of the molecule is Cc1cc(C(=O)O)c(N)nc1C(F)F. The molecular weight excluding hydrogens is 194 g/mol. The highest BCUT2D eigenvalue weighted by Gasteiger charge is 2.17. The molecule has 0 aliphatic carbocycles. The molecule has 0 aromatic carbocycles. The molecule has 1 aromatic rings. The van der Waals surface area contributed by atoms with Crippen LogP contribution in [-0.2, 0) is 0 Å². The first-order valence-electron chi connectivity index (χ1n) is 3.72. The van der Waals surface area contributed by atoms with Crippen molar-refractivity contribution < 1.29 is 18.7 Å². The number of carboxylic acids is 1. The summed E-state index contributed by atoms with van der Waals surface area (Å²) in [5, 5.41) is 8.61. The first-order chi connectivity index (χ1) is 6.43. The van der Waals surface area contributed by atoms with Crippen molar-refractivity contribution in [2.75, 3.05) is 5.73 Å². The van der Waals surface area contributed by atoms with Gasteiger partial charge in [0.25, 0.3) is 6.43 Å². The van der Waals surface area contributed by atoms with Gasteiger partial charge in [0.1, 0.15) is 17.1 Å². The van der Waals surface area contributed by atoms with Crippen molar-refractivity contribution >= 4 is 11.8 Å². The van der Waals surface area contributed by atoms with E-state index in [9.17, 15) is 13.6 Å². The minimum Gasteiger partial charge on any atom is -0.478 e. The molecule has 0 amide bonds. The van der Waals surface area contributed by atoms with E-state index in [0.29, 0.717) is 0 Å². The third-order valence-corrected chi connectivity index (χ3v) is 1.72. The maximum absolute atomic E-state index is 12.3. The first kappa shape index (κ1) is 10.4. The Balaban J connectivity index is 3.31. The molecular formula is C8H8F2N2O2. The topological polar surface area (TPSA) is 76.2 Å². The zero-order valence-electron chi connectivity index (χ0n) is 7.29. The number of nitrogens with two attached hydrogens (primary N) is 1. The lowest BCUT2D eigenvalue weighted by Gasteiger charge is -2.07. The summed E-state index contributed by atoms with van der Waals surface area (Å²) in [5.74, 6) is -1.67. The first-order valence-corrected chi connectivity index (χ1v) is 3.72. The van der Waals surface area contributed by atoms with E-state index in [-0.39, 0.29) is 11.1 Å². The van der Waals surface area contributed by atoms with Crippen molar-refractivity contribution in [3.8, 4) is 0 Å². The van der Waals surface area contributed by atoms with Crippen molar-refractivity contribution in [2.24, 2.45) is 0 Å². The molecule has 0 saturated carbocycles. The number of hydrogen-bond donors (Lipinski definition) is 2. The number of anilines is 1. The zero-order chi connectivity index (χ0) is 10.9. The predicted molar refractivity (Wildman–Crippen MR) is 45.3 cm³/mol. The van der Waals surface area contributed by atoms with Crippen molar-refractivity contribution in [1.82, 2.24) is 4.98 Å². The van der Waals surface area contributed by atoms with E-state index >= 15 is 0 Å². The van der Waals surface area contributed by atoms with Crippen LogP contribution < -0.4 is 5.73 Å². The second-order valence-corrected chi connectivity index (χ2v) is 2.73. The lowest BCUT2D eigenvalue weighted by Crippen LogP contribution is -2.08. The van der Waals surface area contributed by atoms with E-state index in [1.165, 1.54) is 6.92 Å². The average molecular weight is 202 g/mol. The summed E-state index contributed by atoms with van der Waals surface area (Å²) in [6, 6.07) is 1.09. The molecule has 0 fully saturated rings. The molecule has 1 rings (SSSR count). The minimum absolute atomic E-state index is 0.117. The third kappa shape index (κ3) is 1.78. The van der Waals surface area contributed by atoms with Crippen molar-refractivity contribution in [2.45, 2.75) is 13.3 Å². The molecule has 1 aromatic heterocycles. The number of carboxylic acid groups (broad SMARTS) is 1. The monoisotopic (exact) mass is 202 g/mol. The lowest BCUT2D eigenvalue weighted by atomic mass is 10.1. The molecule has 6 heteroatoms. The summed E-state index contributed by atoms with van der Waals surface area (Å²) >= 11 is 0. The number of hydrogen-bond acceptors (Lipinski definition) is 3. The molecule has 0 saturated heterocycles. The number of carbonyl (C=O) groups is 1. The molecule has 0 aliphatic heterocycles. The van der Waals surface area contributed by atoms with Crippen LogP contribution in [0.3, 0.4) is 0 Å². The molecule has 76 valence electrons. The standard InChI is InChI=1S/C8H8F2N2O2/c1-3-2-4(8(13)14)7(11)12-5(3)6(9)10/h2,6H,1H3,(H2,11,12)(H,13,14). The summed E-state index contributed by atoms with van der Waals surface area (Å²) in [5.41, 5.74) is 4.58. The van der Waals surface area contributed by atoms with Gasteiger partial charge in [-0.05, 0) is 18.6 Å². The van der Waals surface area contributed by atoms with Crippen LogP contribution in [0.4, 0.5) is 14.6 Å². The summed E-state index contributed by atoms with van der Waals surface area (Å²) in [6.45, 7) is 1.36. The van der Waals surface area contributed by atoms with Gasteiger partial charge in [-0.15, -0.1) is 0 Å². The number of nitrogen functional groups attached to an aromatic ring is 1. The molecule has 0 atom stereocenters. The van der Waals surface area contributed by atoms with E-state index in [4.69, 9.17) is 10.8 Å². The number of aromatic nitrogens is 1. The molecule has 0 aliphatic rings. The van der Waals surface area contributed by atoms with Gasteiger partial charge in [-0.25, -0.2) is 18.6 Å². The number of nitrogens with zero attached hydrogens (tertiary/aromatic N) is 1. The number of alkyl halides is 2. The highest BCUT2D eigenvalue weighted by Crippen LogP contribution is 2.23. The van der Waals surface area contributed by atoms with E-state index < -0.39 is 23.9 Å². The Labute approximate surface area is 78.4 Å². The van der Waals surface area contributed by atoms with E-state index in [2.05, 4.69) is 4.98 Å². The molecule has 3 N–H and O–H groups in total. The van der Waals surface area contributed by atoms with Gasteiger partial charge < -0.3 is 10.8 Å². The van der Waals surface area contributed by atoms with Crippen LogP contribution >= 0.6 is 0 Å². The van der Waals surface area contributed by atoms with Crippen LogP contribution in [0.5, 0.6) is 0 Å². The summed E-state index contributed by atoms with van der Waals surface area (Å²) in [7, 11) is 0. The normalized spacial score (nSPS) is 10.6. The maximum atomic E-state index is 12.3.